The highest BCUT2D eigenvalue weighted by Gasteiger charge is 2.26. The van der Waals surface area contributed by atoms with Crippen LogP contribution in [0, 0.1) is 13.8 Å². The number of aryl methyl sites for hydroxylation is 2. The van der Waals surface area contributed by atoms with E-state index in [0.29, 0.717) is 5.69 Å². The van der Waals surface area contributed by atoms with Crippen molar-refractivity contribution >= 4 is 10.0 Å². The summed E-state index contributed by atoms with van der Waals surface area (Å²) in [4.78, 5) is 0.0952. The van der Waals surface area contributed by atoms with E-state index in [2.05, 4.69) is 20.1 Å². The molecular weight excluding hydrogens is 256 g/mol. The molecule has 1 atom stereocenters. The van der Waals surface area contributed by atoms with E-state index >= 15 is 0 Å². The average molecular weight is 270 g/mol. The number of hydrogen-bond donors (Lipinski definition) is 2. The second-order valence-corrected chi connectivity index (χ2v) is 5.68. The molecule has 0 bridgehead atoms. The number of aromatic amines is 1. The van der Waals surface area contributed by atoms with Crippen molar-refractivity contribution in [3.63, 3.8) is 0 Å². The third-order valence-corrected chi connectivity index (χ3v) is 4.37. The van der Waals surface area contributed by atoms with Crippen LogP contribution in [-0.4, -0.2) is 23.8 Å². The fraction of sp³-hybridized carbons (Fsp3) is 0.400. The zero-order valence-corrected chi connectivity index (χ0v) is 11.1. The maximum Gasteiger partial charge on any atom is 0.246 e. The predicted molar refractivity (Wildman–Crippen MR) is 63.3 cm³/mol. The van der Waals surface area contributed by atoms with Crippen molar-refractivity contribution in [1.82, 2.24) is 20.1 Å². The van der Waals surface area contributed by atoms with Crippen LogP contribution in [0.1, 0.15) is 30.0 Å². The number of H-pyrrole nitrogens is 1. The SMILES string of the molecule is Cc1noc(C)c1S(=O)(=O)NC(C)c1cn[nH]c1. The summed E-state index contributed by atoms with van der Waals surface area (Å²) in [5, 5.41) is 10.1. The lowest BCUT2D eigenvalue weighted by molar-refractivity contribution is 0.390. The molecule has 0 saturated carbocycles. The molecule has 2 rings (SSSR count). The van der Waals surface area contributed by atoms with Crippen LogP contribution >= 0.6 is 0 Å². The summed E-state index contributed by atoms with van der Waals surface area (Å²) < 4.78 is 31.8. The van der Waals surface area contributed by atoms with Crippen molar-refractivity contribution in [3.8, 4) is 0 Å². The third-order valence-electron chi connectivity index (χ3n) is 2.59. The quantitative estimate of drug-likeness (QED) is 0.864. The third kappa shape index (κ3) is 2.29. The van der Waals surface area contributed by atoms with E-state index in [0.717, 1.165) is 5.56 Å². The van der Waals surface area contributed by atoms with Gasteiger partial charge in [-0.1, -0.05) is 5.16 Å². The van der Waals surface area contributed by atoms with Gasteiger partial charge in [-0.15, -0.1) is 0 Å². The van der Waals surface area contributed by atoms with E-state index < -0.39 is 10.0 Å². The van der Waals surface area contributed by atoms with E-state index in [9.17, 15) is 8.42 Å². The second-order valence-electron chi connectivity index (χ2n) is 4.03. The molecule has 18 heavy (non-hydrogen) atoms. The van der Waals surface area contributed by atoms with Crippen LogP contribution in [-0.2, 0) is 10.0 Å². The number of hydrogen-bond acceptors (Lipinski definition) is 5. The molecule has 0 radical (unpaired) electrons. The van der Waals surface area contributed by atoms with Crippen molar-refractivity contribution in [2.45, 2.75) is 31.7 Å². The Morgan fingerprint density at radius 3 is 2.67 bits per heavy atom. The summed E-state index contributed by atoms with van der Waals surface area (Å²) >= 11 is 0. The summed E-state index contributed by atoms with van der Waals surface area (Å²) in [6.07, 6.45) is 3.21. The van der Waals surface area contributed by atoms with E-state index in [1.165, 1.54) is 0 Å². The Bertz CT molecular complexity index is 611. The van der Waals surface area contributed by atoms with Crippen LogP contribution in [0.5, 0.6) is 0 Å². The molecule has 0 aliphatic rings. The summed E-state index contributed by atoms with van der Waals surface area (Å²) in [6.45, 7) is 4.89. The van der Waals surface area contributed by atoms with Gasteiger partial charge < -0.3 is 4.52 Å². The lowest BCUT2D eigenvalue weighted by atomic mass is 10.2. The van der Waals surface area contributed by atoms with Gasteiger partial charge >= 0.3 is 0 Å². The van der Waals surface area contributed by atoms with Gasteiger partial charge in [-0.3, -0.25) is 5.10 Å². The number of nitrogens with one attached hydrogen (secondary N) is 2. The summed E-state index contributed by atoms with van der Waals surface area (Å²) in [5.41, 5.74) is 1.10. The Labute approximate surface area is 105 Å². The molecule has 0 amide bonds. The van der Waals surface area contributed by atoms with Crippen molar-refractivity contribution in [3.05, 3.63) is 29.4 Å². The Kier molecular flexibility index (Phi) is 3.22. The lowest BCUT2D eigenvalue weighted by Crippen LogP contribution is -2.27. The number of nitrogens with zero attached hydrogens (tertiary/aromatic N) is 2. The molecule has 0 aliphatic carbocycles. The zero-order valence-electron chi connectivity index (χ0n) is 10.3. The standard InChI is InChI=1S/C10H14N4O3S/c1-6(9-4-11-12-5-9)14-18(15,16)10-7(2)13-17-8(10)3/h4-6,14H,1-3H3,(H,11,12). The Balaban J connectivity index is 2.28. The Hall–Kier alpha value is -1.67. The second kappa shape index (κ2) is 4.54. The van der Waals surface area contributed by atoms with Gasteiger partial charge in [0.2, 0.25) is 10.0 Å². The van der Waals surface area contributed by atoms with Gasteiger partial charge in [-0.2, -0.15) is 5.10 Å². The molecule has 8 heteroatoms. The molecule has 2 aromatic heterocycles. The first-order valence-electron chi connectivity index (χ1n) is 5.35. The van der Waals surface area contributed by atoms with E-state index in [-0.39, 0.29) is 16.7 Å². The van der Waals surface area contributed by atoms with Gasteiger partial charge in [0.05, 0.1) is 6.20 Å². The van der Waals surface area contributed by atoms with E-state index in [1.54, 1.807) is 33.2 Å². The molecule has 2 heterocycles. The summed E-state index contributed by atoms with van der Waals surface area (Å²) in [6, 6.07) is -0.387. The van der Waals surface area contributed by atoms with Gasteiger partial charge in [-0.05, 0) is 20.8 Å². The van der Waals surface area contributed by atoms with Crippen molar-refractivity contribution < 1.29 is 12.9 Å². The molecule has 0 spiro atoms. The minimum absolute atomic E-state index is 0.0952. The van der Waals surface area contributed by atoms with E-state index in [1.807, 2.05) is 0 Å². The van der Waals surface area contributed by atoms with Gasteiger partial charge in [0.1, 0.15) is 10.6 Å². The van der Waals surface area contributed by atoms with Gasteiger partial charge in [0, 0.05) is 17.8 Å². The largest absolute Gasteiger partial charge is 0.360 e. The van der Waals surface area contributed by atoms with Crippen molar-refractivity contribution in [2.75, 3.05) is 0 Å². The maximum absolute atomic E-state index is 12.2. The molecule has 0 aromatic carbocycles. The molecule has 0 aliphatic heterocycles. The highest BCUT2D eigenvalue weighted by molar-refractivity contribution is 7.89. The first-order valence-corrected chi connectivity index (χ1v) is 6.84. The molecule has 2 N–H and O–H groups in total. The number of rotatable bonds is 4. The zero-order chi connectivity index (χ0) is 13.3. The fourth-order valence-electron chi connectivity index (χ4n) is 1.72. The average Bonchev–Trinajstić information content (AvgIpc) is 2.87. The van der Waals surface area contributed by atoms with Crippen LogP contribution in [0.4, 0.5) is 0 Å². The van der Waals surface area contributed by atoms with Crippen LogP contribution < -0.4 is 4.72 Å². The molecule has 0 saturated heterocycles. The monoisotopic (exact) mass is 270 g/mol. The van der Waals surface area contributed by atoms with Gasteiger partial charge in [-0.25, -0.2) is 13.1 Å². The van der Waals surface area contributed by atoms with Crippen LogP contribution in [0.15, 0.2) is 21.8 Å². The van der Waals surface area contributed by atoms with Crippen molar-refractivity contribution in [2.24, 2.45) is 0 Å². The highest BCUT2D eigenvalue weighted by Crippen LogP contribution is 2.21. The van der Waals surface area contributed by atoms with Crippen LogP contribution in [0.25, 0.3) is 0 Å². The lowest BCUT2D eigenvalue weighted by Gasteiger charge is -2.12. The Morgan fingerprint density at radius 2 is 2.17 bits per heavy atom. The number of aromatic nitrogens is 3. The van der Waals surface area contributed by atoms with Crippen molar-refractivity contribution in [1.29, 1.82) is 0 Å². The molecule has 2 aromatic rings. The smallest absolute Gasteiger partial charge is 0.246 e. The van der Waals surface area contributed by atoms with Gasteiger partial charge in [0.15, 0.2) is 5.76 Å². The normalized spacial score (nSPS) is 13.7. The Morgan fingerprint density at radius 1 is 1.44 bits per heavy atom. The predicted octanol–water partition coefficient (Wildman–Crippen LogP) is 1.05. The molecular formula is C10H14N4O3S. The van der Waals surface area contributed by atoms with E-state index in [4.69, 9.17) is 4.52 Å². The molecule has 1 unspecified atom stereocenters. The summed E-state index contributed by atoms with van der Waals surface area (Å²) in [5.74, 6) is 0.277. The molecule has 7 nitrogen and oxygen atoms in total. The van der Waals surface area contributed by atoms with Gasteiger partial charge in [0.25, 0.3) is 0 Å². The van der Waals surface area contributed by atoms with Crippen LogP contribution in [0.2, 0.25) is 0 Å². The maximum atomic E-state index is 12.2. The first-order chi connectivity index (χ1) is 8.42. The highest BCUT2D eigenvalue weighted by atomic mass is 32.2. The molecule has 98 valence electrons. The minimum Gasteiger partial charge on any atom is -0.360 e. The molecule has 0 fully saturated rings. The minimum atomic E-state index is -3.65. The number of sulfonamides is 1. The fourth-order valence-corrected chi connectivity index (χ4v) is 3.28. The first kappa shape index (κ1) is 12.8. The topological polar surface area (TPSA) is 101 Å². The van der Waals surface area contributed by atoms with Crippen LogP contribution in [0.3, 0.4) is 0 Å². The summed E-state index contributed by atoms with van der Waals surface area (Å²) in [7, 11) is -3.65.